The molecule has 0 radical (unpaired) electrons. The first kappa shape index (κ1) is 13.2. The Kier molecular flexibility index (Phi) is 2.93. The van der Waals surface area contributed by atoms with Crippen LogP contribution in [-0.2, 0) is 6.18 Å². The smallest absolute Gasteiger partial charge is 0.399 e. The van der Waals surface area contributed by atoms with Gasteiger partial charge in [0.25, 0.3) is 0 Å². The Labute approximate surface area is 116 Å². The summed E-state index contributed by atoms with van der Waals surface area (Å²) in [5.74, 6) is 0.696. The summed E-state index contributed by atoms with van der Waals surface area (Å²) in [4.78, 5) is 4.03. The second kappa shape index (κ2) is 4.65. The van der Waals surface area contributed by atoms with Crippen LogP contribution in [0.1, 0.15) is 5.56 Å². The van der Waals surface area contributed by atoms with E-state index in [-0.39, 0.29) is 11.4 Å². The Hall–Kier alpha value is -2.77. The Morgan fingerprint density at radius 2 is 1.95 bits per heavy atom. The lowest BCUT2D eigenvalue weighted by atomic mass is 10.1. The average molecular weight is 294 g/mol. The molecule has 0 spiro atoms. The summed E-state index contributed by atoms with van der Waals surface area (Å²) in [6.45, 7) is 0. The largest absolute Gasteiger partial charge is 0.416 e. The van der Waals surface area contributed by atoms with Gasteiger partial charge >= 0.3 is 6.18 Å². The average Bonchev–Trinajstić information content (AvgIpc) is 2.80. The first-order chi connectivity index (χ1) is 9.93. The van der Waals surface area contributed by atoms with E-state index >= 15 is 0 Å². The van der Waals surface area contributed by atoms with E-state index in [4.69, 9.17) is 10.3 Å². The predicted molar refractivity (Wildman–Crippen MR) is 70.9 cm³/mol. The highest BCUT2D eigenvalue weighted by molar-refractivity contribution is 5.90. The summed E-state index contributed by atoms with van der Waals surface area (Å²) in [6.07, 6.45) is -2.92. The van der Waals surface area contributed by atoms with Crippen LogP contribution in [0.25, 0.3) is 11.0 Å². The first-order valence-corrected chi connectivity index (χ1v) is 5.89. The predicted octanol–water partition coefficient (Wildman–Crippen LogP) is 3.57. The highest BCUT2D eigenvalue weighted by Crippen LogP contribution is 2.33. The number of halogens is 3. The minimum atomic E-state index is -4.43. The van der Waals surface area contributed by atoms with Gasteiger partial charge in [0.15, 0.2) is 11.4 Å². The fourth-order valence-corrected chi connectivity index (χ4v) is 1.84. The van der Waals surface area contributed by atoms with E-state index in [0.717, 1.165) is 12.1 Å². The van der Waals surface area contributed by atoms with Crippen molar-refractivity contribution >= 4 is 28.3 Å². The number of aromatic nitrogens is 2. The molecular formula is C13H9F3N4O. The number of nitrogens with zero attached hydrogens (tertiary/aromatic N) is 2. The lowest BCUT2D eigenvalue weighted by Gasteiger charge is -2.05. The Balaban J connectivity index is 1.97. The van der Waals surface area contributed by atoms with Crippen molar-refractivity contribution < 1.29 is 17.7 Å². The van der Waals surface area contributed by atoms with Crippen LogP contribution < -0.4 is 11.1 Å². The van der Waals surface area contributed by atoms with Crippen LogP contribution in [0.2, 0.25) is 0 Å². The van der Waals surface area contributed by atoms with Gasteiger partial charge in [0, 0.05) is 18.0 Å². The number of nitrogen functional groups attached to an aromatic ring is 1. The normalized spacial score (nSPS) is 11.8. The number of nitrogens with one attached hydrogen (secondary N) is 1. The van der Waals surface area contributed by atoms with Gasteiger partial charge in [-0.3, -0.25) is 0 Å². The monoisotopic (exact) mass is 294 g/mol. The molecule has 0 saturated heterocycles. The fraction of sp³-hybridized carbons (Fsp3) is 0.0769. The van der Waals surface area contributed by atoms with Gasteiger partial charge in [-0.15, -0.1) is 0 Å². The molecule has 0 fully saturated rings. The molecule has 108 valence electrons. The molecule has 8 heteroatoms. The molecule has 0 unspecified atom stereocenters. The van der Waals surface area contributed by atoms with Crippen LogP contribution in [0.15, 0.2) is 41.1 Å². The molecule has 0 aliphatic heterocycles. The number of fused-ring (bicyclic) bond motifs is 1. The van der Waals surface area contributed by atoms with Gasteiger partial charge in [0.05, 0.1) is 10.9 Å². The van der Waals surface area contributed by atoms with Crippen molar-refractivity contribution in [2.75, 3.05) is 11.1 Å². The highest BCUT2D eigenvalue weighted by atomic mass is 19.4. The van der Waals surface area contributed by atoms with E-state index in [1.807, 2.05) is 0 Å². The highest BCUT2D eigenvalue weighted by Gasteiger charge is 2.31. The molecular weight excluding hydrogens is 285 g/mol. The minimum absolute atomic E-state index is 0.0382. The number of rotatable bonds is 2. The van der Waals surface area contributed by atoms with Crippen molar-refractivity contribution in [2.45, 2.75) is 6.18 Å². The lowest BCUT2D eigenvalue weighted by molar-refractivity contribution is -0.137. The topological polar surface area (TPSA) is 77.0 Å². The van der Waals surface area contributed by atoms with Crippen molar-refractivity contribution in [1.82, 2.24) is 10.1 Å². The molecule has 3 N–H and O–H groups in total. The third-order valence-corrected chi connectivity index (χ3v) is 2.83. The number of alkyl halides is 3. The van der Waals surface area contributed by atoms with E-state index in [9.17, 15) is 13.2 Å². The Morgan fingerprint density at radius 1 is 1.14 bits per heavy atom. The third-order valence-electron chi connectivity index (χ3n) is 2.83. The van der Waals surface area contributed by atoms with Gasteiger partial charge in [0.2, 0.25) is 0 Å². The second-order valence-electron chi connectivity index (χ2n) is 4.34. The maximum atomic E-state index is 12.6. The van der Waals surface area contributed by atoms with E-state index in [1.54, 1.807) is 12.1 Å². The standard InChI is InChI=1S/C13H9F3N4O/c14-13(15,16)7-1-2-9-10(5-7)21-20-12(9)19-11-6-8(17)3-4-18-11/h1-6H,(H3,17,18,19,20). The fourth-order valence-electron chi connectivity index (χ4n) is 1.84. The molecule has 0 aliphatic rings. The molecule has 2 aromatic heterocycles. The van der Waals surface area contributed by atoms with Gasteiger partial charge in [-0.1, -0.05) is 5.16 Å². The number of nitrogens with two attached hydrogens (primary N) is 1. The molecule has 0 atom stereocenters. The molecule has 0 amide bonds. The number of anilines is 3. The third kappa shape index (κ3) is 2.60. The molecule has 0 saturated carbocycles. The molecule has 0 bridgehead atoms. The van der Waals surface area contributed by atoms with E-state index < -0.39 is 11.7 Å². The van der Waals surface area contributed by atoms with Crippen LogP contribution in [0, 0.1) is 0 Å². The molecule has 3 rings (SSSR count). The summed E-state index contributed by atoms with van der Waals surface area (Å²) in [7, 11) is 0. The summed E-state index contributed by atoms with van der Waals surface area (Å²) in [5.41, 5.74) is 5.37. The van der Waals surface area contributed by atoms with E-state index in [2.05, 4.69) is 15.5 Å². The minimum Gasteiger partial charge on any atom is -0.399 e. The SMILES string of the molecule is Nc1ccnc(Nc2noc3cc(C(F)(F)F)ccc23)c1. The van der Waals surface area contributed by atoms with Crippen molar-refractivity contribution in [2.24, 2.45) is 0 Å². The zero-order chi connectivity index (χ0) is 15.0. The molecule has 1 aromatic carbocycles. The van der Waals surface area contributed by atoms with Crippen molar-refractivity contribution in [1.29, 1.82) is 0 Å². The molecule has 0 aliphatic carbocycles. The van der Waals surface area contributed by atoms with Crippen LogP contribution in [0.3, 0.4) is 0 Å². The van der Waals surface area contributed by atoms with Crippen LogP contribution in [0.4, 0.5) is 30.5 Å². The van der Waals surface area contributed by atoms with E-state index in [0.29, 0.717) is 16.9 Å². The van der Waals surface area contributed by atoms with Crippen LogP contribution in [0.5, 0.6) is 0 Å². The number of pyridine rings is 1. The molecule has 3 aromatic rings. The zero-order valence-corrected chi connectivity index (χ0v) is 10.5. The first-order valence-electron chi connectivity index (χ1n) is 5.89. The number of hydrogen-bond acceptors (Lipinski definition) is 5. The maximum absolute atomic E-state index is 12.6. The maximum Gasteiger partial charge on any atom is 0.416 e. The molecule has 21 heavy (non-hydrogen) atoms. The Morgan fingerprint density at radius 3 is 2.67 bits per heavy atom. The zero-order valence-electron chi connectivity index (χ0n) is 10.5. The van der Waals surface area contributed by atoms with Gasteiger partial charge < -0.3 is 15.6 Å². The lowest BCUT2D eigenvalue weighted by Crippen LogP contribution is -2.04. The van der Waals surface area contributed by atoms with E-state index in [1.165, 1.54) is 12.3 Å². The summed E-state index contributed by atoms with van der Waals surface area (Å²) >= 11 is 0. The quantitative estimate of drug-likeness (QED) is 0.755. The number of benzene rings is 1. The van der Waals surface area contributed by atoms with Crippen molar-refractivity contribution in [3.05, 3.63) is 42.1 Å². The van der Waals surface area contributed by atoms with Crippen molar-refractivity contribution in [3.8, 4) is 0 Å². The summed E-state index contributed by atoms with van der Waals surface area (Å²) in [5, 5.41) is 6.98. The number of hydrogen-bond donors (Lipinski definition) is 2. The van der Waals surface area contributed by atoms with Gasteiger partial charge in [-0.2, -0.15) is 13.2 Å². The van der Waals surface area contributed by atoms with Gasteiger partial charge in [0.1, 0.15) is 5.82 Å². The van der Waals surface area contributed by atoms with Gasteiger partial charge in [-0.05, 0) is 24.3 Å². The summed E-state index contributed by atoms with van der Waals surface area (Å²) in [6, 6.07) is 6.35. The summed E-state index contributed by atoms with van der Waals surface area (Å²) < 4.78 is 42.8. The molecule has 2 heterocycles. The van der Waals surface area contributed by atoms with Crippen LogP contribution >= 0.6 is 0 Å². The van der Waals surface area contributed by atoms with Crippen LogP contribution in [-0.4, -0.2) is 10.1 Å². The molecule has 5 nitrogen and oxygen atoms in total. The van der Waals surface area contributed by atoms with Gasteiger partial charge in [-0.25, -0.2) is 4.98 Å². The van der Waals surface area contributed by atoms with Crippen molar-refractivity contribution in [3.63, 3.8) is 0 Å². The Bertz CT molecular complexity index is 797. The second-order valence-corrected chi connectivity index (χ2v) is 4.34.